The van der Waals surface area contributed by atoms with Crippen molar-refractivity contribution in [2.75, 3.05) is 11.9 Å². The van der Waals surface area contributed by atoms with Gasteiger partial charge in [-0.15, -0.1) is 0 Å². The van der Waals surface area contributed by atoms with Gasteiger partial charge in [0, 0.05) is 22.5 Å². The van der Waals surface area contributed by atoms with Crippen LogP contribution in [-0.4, -0.2) is 28.3 Å². The number of benzene rings is 3. The van der Waals surface area contributed by atoms with Gasteiger partial charge >= 0.3 is 5.97 Å². The number of anilines is 1. The Labute approximate surface area is 190 Å². The Morgan fingerprint density at radius 2 is 1.66 bits per heavy atom. The Kier molecular flexibility index (Phi) is 6.63. The van der Waals surface area contributed by atoms with Crippen molar-refractivity contribution >= 4 is 29.2 Å². The van der Waals surface area contributed by atoms with E-state index in [0.29, 0.717) is 17.3 Å². The molecule has 0 aliphatic rings. The quantitative estimate of drug-likeness (QED) is 0.404. The highest BCUT2D eigenvalue weighted by atomic mass is 35.5. The Bertz CT molecular complexity index is 1240. The van der Waals surface area contributed by atoms with Gasteiger partial charge in [0.1, 0.15) is 0 Å². The SMILES string of the molecule is O=C(COC(=O)c1cnn(Cc2ccccc2Cl)c1)Nc1ccccc1-c1ccccc1. The summed E-state index contributed by atoms with van der Waals surface area (Å²) >= 11 is 6.17. The average Bonchev–Trinajstić information content (AvgIpc) is 3.29. The van der Waals surface area contributed by atoms with Gasteiger partial charge in [0.2, 0.25) is 0 Å². The summed E-state index contributed by atoms with van der Waals surface area (Å²) in [4.78, 5) is 24.7. The lowest BCUT2D eigenvalue weighted by Crippen LogP contribution is -2.21. The second-order valence-electron chi connectivity index (χ2n) is 7.05. The predicted molar refractivity (Wildman–Crippen MR) is 124 cm³/mol. The molecule has 7 heteroatoms. The first-order valence-electron chi connectivity index (χ1n) is 9.97. The second kappa shape index (κ2) is 9.94. The van der Waals surface area contributed by atoms with Crippen LogP contribution >= 0.6 is 11.6 Å². The molecule has 4 rings (SSSR count). The summed E-state index contributed by atoms with van der Waals surface area (Å²) in [6, 6.07) is 24.6. The molecule has 0 atom stereocenters. The normalized spacial score (nSPS) is 10.5. The molecule has 0 radical (unpaired) electrons. The van der Waals surface area contributed by atoms with Crippen molar-refractivity contribution in [1.82, 2.24) is 9.78 Å². The Morgan fingerprint density at radius 3 is 2.47 bits per heavy atom. The van der Waals surface area contributed by atoms with Crippen molar-refractivity contribution in [2.45, 2.75) is 6.54 Å². The molecule has 0 fully saturated rings. The van der Waals surface area contributed by atoms with E-state index < -0.39 is 18.5 Å². The number of hydrogen-bond acceptors (Lipinski definition) is 4. The first-order valence-corrected chi connectivity index (χ1v) is 10.4. The molecule has 6 nitrogen and oxygen atoms in total. The molecule has 4 aromatic rings. The number of amides is 1. The Balaban J connectivity index is 1.35. The van der Waals surface area contributed by atoms with E-state index >= 15 is 0 Å². The largest absolute Gasteiger partial charge is 0.452 e. The number of aromatic nitrogens is 2. The van der Waals surface area contributed by atoms with E-state index in [0.717, 1.165) is 16.7 Å². The highest BCUT2D eigenvalue weighted by Gasteiger charge is 2.14. The molecule has 0 spiro atoms. The number of nitrogens with zero attached hydrogens (tertiary/aromatic N) is 2. The monoisotopic (exact) mass is 445 g/mol. The topological polar surface area (TPSA) is 73.2 Å². The van der Waals surface area contributed by atoms with Crippen molar-refractivity contribution in [3.63, 3.8) is 0 Å². The van der Waals surface area contributed by atoms with Crippen LogP contribution in [0.25, 0.3) is 11.1 Å². The number of nitrogens with one attached hydrogen (secondary N) is 1. The third kappa shape index (κ3) is 5.22. The lowest BCUT2D eigenvalue weighted by molar-refractivity contribution is -0.119. The van der Waals surface area contributed by atoms with E-state index in [1.54, 1.807) is 23.0 Å². The fourth-order valence-electron chi connectivity index (χ4n) is 3.22. The van der Waals surface area contributed by atoms with Crippen LogP contribution in [0.5, 0.6) is 0 Å². The summed E-state index contributed by atoms with van der Waals surface area (Å²) < 4.78 is 6.76. The molecule has 0 saturated heterocycles. The lowest BCUT2D eigenvalue weighted by Gasteiger charge is -2.11. The van der Waals surface area contributed by atoms with Gasteiger partial charge in [0.15, 0.2) is 6.61 Å². The van der Waals surface area contributed by atoms with Gasteiger partial charge in [-0.3, -0.25) is 9.48 Å². The molecule has 0 aliphatic carbocycles. The van der Waals surface area contributed by atoms with Crippen molar-refractivity contribution in [3.8, 4) is 11.1 Å². The number of carbonyl (C=O) groups is 2. The minimum atomic E-state index is -0.623. The van der Waals surface area contributed by atoms with Crippen LogP contribution in [0.3, 0.4) is 0 Å². The molecule has 0 unspecified atom stereocenters. The van der Waals surface area contributed by atoms with Crippen molar-refractivity contribution in [3.05, 3.63) is 107 Å². The first-order chi connectivity index (χ1) is 15.6. The maximum Gasteiger partial charge on any atom is 0.341 e. The summed E-state index contributed by atoms with van der Waals surface area (Å²) in [6.07, 6.45) is 2.97. The minimum absolute atomic E-state index is 0.259. The zero-order valence-electron chi connectivity index (χ0n) is 17.1. The zero-order chi connectivity index (χ0) is 22.3. The highest BCUT2D eigenvalue weighted by molar-refractivity contribution is 6.31. The number of para-hydroxylation sites is 1. The third-order valence-electron chi connectivity index (χ3n) is 4.78. The number of halogens is 1. The molecule has 1 aromatic heterocycles. The van der Waals surface area contributed by atoms with Crippen LogP contribution in [-0.2, 0) is 16.1 Å². The molecule has 0 bridgehead atoms. The molecule has 1 N–H and O–H groups in total. The summed E-state index contributed by atoms with van der Waals surface area (Å²) in [5, 5.41) is 7.60. The van der Waals surface area contributed by atoms with Gasteiger partial charge in [-0.1, -0.05) is 78.3 Å². The summed E-state index contributed by atoms with van der Waals surface area (Å²) in [5.41, 5.74) is 3.65. The van der Waals surface area contributed by atoms with Crippen LogP contribution in [0.1, 0.15) is 15.9 Å². The van der Waals surface area contributed by atoms with Gasteiger partial charge in [0.05, 0.1) is 18.3 Å². The fraction of sp³-hybridized carbons (Fsp3) is 0.0800. The number of hydrogen-bond donors (Lipinski definition) is 1. The van der Waals surface area contributed by atoms with Gasteiger partial charge < -0.3 is 10.1 Å². The van der Waals surface area contributed by atoms with E-state index in [1.807, 2.05) is 66.7 Å². The predicted octanol–water partition coefficient (Wildman–Crippen LogP) is 5.05. The number of ether oxygens (including phenoxy) is 1. The minimum Gasteiger partial charge on any atom is -0.452 e. The molecule has 1 heterocycles. The number of esters is 1. The molecule has 3 aromatic carbocycles. The van der Waals surface area contributed by atoms with Gasteiger partial charge in [-0.2, -0.15) is 5.10 Å². The van der Waals surface area contributed by atoms with E-state index in [4.69, 9.17) is 16.3 Å². The van der Waals surface area contributed by atoms with Crippen molar-refractivity contribution < 1.29 is 14.3 Å². The van der Waals surface area contributed by atoms with Gasteiger partial charge in [0.25, 0.3) is 5.91 Å². The molecule has 0 saturated carbocycles. The van der Waals surface area contributed by atoms with E-state index in [2.05, 4.69) is 10.4 Å². The maximum absolute atomic E-state index is 12.4. The third-order valence-corrected chi connectivity index (χ3v) is 5.15. The fourth-order valence-corrected chi connectivity index (χ4v) is 3.41. The molecule has 1 amide bonds. The van der Waals surface area contributed by atoms with E-state index in [1.165, 1.54) is 6.20 Å². The highest BCUT2D eigenvalue weighted by Crippen LogP contribution is 2.27. The maximum atomic E-state index is 12.4. The van der Waals surface area contributed by atoms with E-state index in [-0.39, 0.29) is 5.56 Å². The van der Waals surface area contributed by atoms with E-state index in [9.17, 15) is 9.59 Å². The second-order valence-corrected chi connectivity index (χ2v) is 7.46. The Hall–Kier alpha value is -3.90. The van der Waals surface area contributed by atoms with Crippen LogP contribution < -0.4 is 5.32 Å². The summed E-state index contributed by atoms with van der Waals surface area (Å²) in [7, 11) is 0. The van der Waals surface area contributed by atoms with Gasteiger partial charge in [-0.05, 0) is 23.3 Å². The number of rotatable bonds is 7. The molecule has 0 aliphatic heterocycles. The average molecular weight is 446 g/mol. The summed E-state index contributed by atoms with van der Waals surface area (Å²) in [5.74, 6) is -1.05. The number of carbonyl (C=O) groups excluding carboxylic acids is 2. The molecular formula is C25H20ClN3O3. The van der Waals surface area contributed by atoms with Crippen LogP contribution in [0.15, 0.2) is 91.3 Å². The lowest BCUT2D eigenvalue weighted by atomic mass is 10.0. The first kappa shape index (κ1) is 21.3. The standard InChI is InChI=1S/C25H20ClN3O3/c26-22-12-6-4-10-19(22)15-29-16-20(14-27-29)25(31)32-17-24(30)28-23-13-7-5-11-21(23)18-8-2-1-3-9-18/h1-14,16H,15,17H2,(H,28,30). The van der Waals surface area contributed by atoms with Gasteiger partial charge in [-0.25, -0.2) is 4.79 Å². The molecular weight excluding hydrogens is 426 g/mol. The Morgan fingerprint density at radius 1 is 0.938 bits per heavy atom. The molecule has 32 heavy (non-hydrogen) atoms. The smallest absolute Gasteiger partial charge is 0.341 e. The zero-order valence-corrected chi connectivity index (χ0v) is 17.8. The summed E-state index contributed by atoms with van der Waals surface area (Å²) in [6.45, 7) is 0.0152. The van der Waals surface area contributed by atoms with Crippen LogP contribution in [0, 0.1) is 0 Å². The van der Waals surface area contributed by atoms with Crippen molar-refractivity contribution in [1.29, 1.82) is 0 Å². The van der Waals surface area contributed by atoms with Crippen LogP contribution in [0.4, 0.5) is 5.69 Å². The van der Waals surface area contributed by atoms with Crippen molar-refractivity contribution in [2.24, 2.45) is 0 Å². The molecule has 160 valence electrons. The van der Waals surface area contributed by atoms with Crippen LogP contribution in [0.2, 0.25) is 5.02 Å².